The molecule has 0 aliphatic carbocycles. The van der Waals surface area contributed by atoms with Crippen molar-refractivity contribution in [1.82, 2.24) is 0 Å². The van der Waals surface area contributed by atoms with Crippen molar-refractivity contribution in [3.05, 3.63) is 122 Å². The molecule has 0 aliphatic heterocycles. The van der Waals surface area contributed by atoms with Crippen molar-refractivity contribution in [2.24, 2.45) is 0 Å². The Morgan fingerprint density at radius 1 is 0.276 bits per heavy atom. The van der Waals surface area contributed by atoms with Crippen LogP contribution in [-0.2, 0) is 28.6 Å². The largest absolute Gasteiger partial charge is 0.462 e. The smallest absolute Gasteiger partial charge is 0.306 e. The van der Waals surface area contributed by atoms with Crippen LogP contribution in [0.3, 0.4) is 0 Å². The fourth-order valence-corrected chi connectivity index (χ4v) is 8.48. The van der Waals surface area contributed by atoms with E-state index in [0.29, 0.717) is 19.3 Å². The van der Waals surface area contributed by atoms with Crippen LogP contribution >= 0.6 is 0 Å². The highest BCUT2D eigenvalue weighted by atomic mass is 16.6. The van der Waals surface area contributed by atoms with Gasteiger partial charge in [-0.15, -0.1) is 0 Å². The van der Waals surface area contributed by atoms with Crippen LogP contribution in [0.25, 0.3) is 0 Å². The van der Waals surface area contributed by atoms with Gasteiger partial charge in [-0.3, -0.25) is 14.4 Å². The van der Waals surface area contributed by atoms with E-state index in [4.69, 9.17) is 14.2 Å². The molecule has 0 N–H and O–H groups in total. The number of allylic oxidation sites excluding steroid dienone is 20. The van der Waals surface area contributed by atoms with E-state index in [1.165, 1.54) is 96.3 Å². The van der Waals surface area contributed by atoms with E-state index in [-0.39, 0.29) is 31.1 Å². The first kappa shape index (κ1) is 71.8. The fourth-order valence-electron chi connectivity index (χ4n) is 8.48. The van der Waals surface area contributed by atoms with Crippen molar-refractivity contribution in [1.29, 1.82) is 0 Å². The summed E-state index contributed by atoms with van der Waals surface area (Å²) in [4.78, 5) is 38.2. The summed E-state index contributed by atoms with van der Waals surface area (Å²) in [5.74, 6) is -0.927. The van der Waals surface area contributed by atoms with Crippen LogP contribution in [0.4, 0.5) is 0 Å². The molecule has 432 valence electrons. The Balaban J connectivity index is 4.38. The fraction of sp³-hybridized carbons (Fsp3) is 0.671. The van der Waals surface area contributed by atoms with Crippen molar-refractivity contribution in [3.8, 4) is 0 Å². The van der Waals surface area contributed by atoms with E-state index in [1.807, 2.05) is 0 Å². The molecule has 0 aromatic heterocycles. The number of ether oxygens (including phenoxy) is 3. The number of rotatable bonds is 56. The van der Waals surface area contributed by atoms with Gasteiger partial charge in [0, 0.05) is 19.3 Å². The Labute approximate surface area is 469 Å². The molecule has 0 fully saturated rings. The van der Waals surface area contributed by atoms with Crippen molar-refractivity contribution in [2.75, 3.05) is 13.2 Å². The molecule has 0 saturated carbocycles. The maximum atomic E-state index is 12.9. The Morgan fingerprint density at radius 3 is 0.842 bits per heavy atom. The van der Waals surface area contributed by atoms with Gasteiger partial charge in [-0.05, 0) is 109 Å². The van der Waals surface area contributed by atoms with Crippen molar-refractivity contribution >= 4 is 17.9 Å². The minimum absolute atomic E-state index is 0.0936. The summed E-state index contributed by atoms with van der Waals surface area (Å²) in [7, 11) is 0. The minimum Gasteiger partial charge on any atom is -0.462 e. The lowest BCUT2D eigenvalue weighted by atomic mass is 10.0. The van der Waals surface area contributed by atoms with Crippen LogP contribution in [-0.4, -0.2) is 37.2 Å². The molecule has 1 atom stereocenters. The molecule has 0 radical (unpaired) electrons. The van der Waals surface area contributed by atoms with Crippen LogP contribution in [0, 0.1) is 0 Å². The number of unbranched alkanes of at least 4 members (excludes halogenated alkanes) is 25. The van der Waals surface area contributed by atoms with Crippen LogP contribution < -0.4 is 0 Å². The molecule has 0 spiro atoms. The number of carbonyl (C=O) groups excluding carboxylic acids is 3. The minimum atomic E-state index is -0.796. The van der Waals surface area contributed by atoms with Gasteiger partial charge >= 0.3 is 17.9 Å². The second-order valence-corrected chi connectivity index (χ2v) is 20.6. The molecular weight excluding hydrogens is 937 g/mol. The van der Waals surface area contributed by atoms with Crippen molar-refractivity contribution < 1.29 is 28.6 Å². The average Bonchev–Trinajstić information content (AvgIpc) is 3.42. The van der Waals surface area contributed by atoms with E-state index < -0.39 is 6.10 Å². The lowest BCUT2D eigenvalue weighted by Crippen LogP contribution is -2.30. The number of hydrogen-bond acceptors (Lipinski definition) is 6. The van der Waals surface area contributed by atoms with Gasteiger partial charge in [0.2, 0.25) is 0 Å². The summed E-state index contributed by atoms with van der Waals surface area (Å²) in [6, 6.07) is 0. The van der Waals surface area contributed by atoms with E-state index in [9.17, 15) is 14.4 Å². The molecule has 0 bridgehead atoms. The monoisotopic (exact) mass is 1050 g/mol. The Morgan fingerprint density at radius 2 is 0.526 bits per heavy atom. The van der Waals surface area contributed by atoms with Gasteiger partial charge in [-0.25, -0.2) is 0 Å². The van der Waals surface area contributed by atoms with Gasteiger partial charge in [0.05, 0.1) is 0 Å². The molecule has 0 heterocycles. The number of carbonyl (C=O) groups is 3. The molecule has 0 aromatic carbocycles. The van der Waals surface area contributed by atoms with E-state index >= 15 is 0 Å². The molecule has 0 aromatic rings. The van der Waals surface area contributed by atoms with Crippen LogP contribution in [0.5, 0.6) is 0 Å². The molecule has 0 aliphatic rings. The highest BCUT2D eigenvalue weighted by Gasteiger charge is 2.19. The van der Waals surface area contributed by atoms with Gasteiger partial charge < -0.3 is 14.2 Å². The first-order chi connectivity index (χ1) is 37.5. The van der Waals surface area contributed by atoms with Gasteiger partial charge in [0.1, 0.15) is 13.2 Å². The van der Waals surface area contributed by atoms with Gasteiger partial charge in [0.15, 0.2) is 6.10 Å². The van der Waals surface area contributed by atoms with Crippen molar-refractivity contribution in [2.45, 2.75) is 290 Å². The quantitative estimate of drug-likeness (QED) is 0.0261. The van der Waals surface area contributed by atoms with E-state index in [1.54, 1.807) is 0 Å². The molecular formula is C70H116O6. The van der Waals surface area contributed by atoms with Gasteiger partial charge in [-0.2, -0.15) is 0 Å². The van der Waals surface area contributed by atoms with Crippen LogP contribution in [0.2, 0.25) is 0 Å². The van der Waals surface area contributed by atoms with E-state index in [2.05, 4.69) is 142 Å². The lowest BCUT2D eigenvalue weighted by Gasteiger charge is -2.18. The number of esters is 3. The van der Waals surface area contributed by atoms with Gasteiger partial charge in [0.25, 0.3) is 0 Å². The molecule has 6 heteroatoms. The third kappa shape index (κ3) is 60.7. The van der Waals surface area contributed by atoms with Crippen LogP contribution in [0.15, 0.2) is 122 Å². The summed E-state index contributed by atoms with van der Waals surface area (Å²) in [6.45, 7) is 6.47. The van der Waals surface area contributed by atoms with Crippen LogP contribution in [0.1, 0.15) is 284 Å². The first-order valence-electron chi connectivity index (χ1n) is 31.5. The molecule has 76 heavy (non-hydrogen) atoms. The number of hydrogen-bond donors (Lipinski definition) is 0. The Bertz CT molecular complexity index is 1590. The third-order valence-electron chi connectivity index (χ3n) is 13.2. The Hall–Kier alpha value is -4.19. The zero-order chi connectivity index (χ0) is 55.0. The summed E-state index contributed by atoms with van der Waals surface area (Å²) < 4.78 is 16.9. The average molecular weight is 1050 g/mol. The van der Waals surface area contributed by atoms with E-state index in [0.717, 1.165) is 148 Å². The molecule has 1 unspecified atom stereocenters. The van der Waals surface area contributed by atoms with Crippen molar-refractivity contribution in [3.63, 3.8) is 0 Å². The standard InChI is InChI=1S/C70H116O6/c1-4-7-10-13-16-19-22-25-28-29-30-31-32-33-34-35-36-37-38-39-40-41-43-45-48-51-54-57-60-63-69(72)75-66-67(65-74-68(71)62-59-56-53-50-47-44-27-24-21-18-15-12-9-6-3)76-70(73)64-61-58-55-52-49-46-42-26-23-20-17-14-11-8-5-2/h7,10,15-16,18-19,24-25,27-28,30-31,33-34,36-37,39-40,43,45,67H,4-6,8-9,11-14,17,20-23,26,29,32,35,38,41-42,44,46-66H2,1-3H3/b10-7-,18-15-,19-16-,27-24-,28-25-,31-30-,34-33-,37-36-,40-39-,45-43-. The van der Waals surface area contributed by atoms with Gasteiger partial charge in [-0.1, -0.05) is 277 Å². The summed E-state index contributed by atoms with van der Waals surface area (Å²) in [6.07, 6.45) is 87.7. The lowest BCUT2D eigenvalue weighted by molar-refractivity contribution is -0.167. The highest BCUT2D eigenvalue weighted by Crippen LogP contribution is 2.16. The first-order valence-corrected chi connectivity index (χ1v) is 31.5. The SMILES string of the molecule is CC/C=C\C/C=C\C/C=C\C/C=C\C/C=C\C/C=C\C/C=C\C/C=C\CCCCCCC(=O)OCC(COC(=O)CCCCCCC/C=C\C/C=C\CCCC)OC(=O)CCCCCCCCCCCCCCCCC. The maximum absolute atomic E-state index is 12.9. The maximum Gasteiger partial charge on any atom is 0.306 e. The summed E-state index contributed by atoms with van der Waals surface area (Å²) >= 11 is 0. The summed E-state index contributed by atoms with van der Waals surface area (Å²) in [5.41, 5.74) is 0. The normalized spacial score (nSPS) is 12.9. The predicted octanol–water partition coefficient (Wildman–Crippen LogP) is 21.6. The third-order valence-corrected chi connectivity index (χ3v) is 13.2. The zero-order valence-electron chi connectivity index (χ0n) is 49.5. The molecule has 0 saturated heterocycles. The topological polar surface area (TPSA) is 78.9 Å². The second kappa shape index (κ2) is 63.3. The highest BCUT2D eigenvalue weighted by molar-refractivity contribution is 5.71. The molecule has 0 amide bonds. The predicted molar refractivity (Wildman–Crippen MR) is 330 cm³/mol. The molecule has 0 rings (SSSR count). The Kier molecular flexibility index (Phi) is 59.9. The summed E-state index contributed by atoms with van der Waals surface area (Å²) in [5, 5.41) is 0. The molecule has 6 nitrogen and oxygen atoms in total. The zero-order valence-corrected chi connectivity index (χ0v) is 49.5. The second-order valence-electron chi connectivity index (χ2n) is 20.6.